The van der Waals surface area contributed by atoms with Gasteiger partial charge in [-0.05, 0) is 13.8 Å². The van der Waals surface area contributed by atoms with Gasteiger partial charge in [0.15, 0.2) is 0 Å². The lowest BCUT2D eigenvalue weighted by Crippen LogP contribution is -2.20. The van der Waals surface area contributed by atoms with E-state index in [0.717, 1.165) is 0 Å². The van der Waals surface area contributed by atoms with Gasteiger partial charge in [0.05, 0.1) is 21.4 Å². The van der Waals surface area contributed by atoms with Crippen LogP contribution in [-0.4, -0.2) is 21.4 Å². The van der Waals surface area contributed by atoms with E-state index < -0.39 is 11.4 Å². The zero-order valence-corrected chi connectivity index (χ0v) is 4.61. The minimum Gasteiger partial charge on any atom is -0.246 e. The summed E-state index contributed by atoms with van der Waals surface area (Å²) in [5, 5.41) is 0. The molecule has 4 radical (unpaired) electrons. The van der Waals surface area contributed by atoms with E-state index in [2.05, 4.69) is 0 Å². The quantitative estimate of drug-likeness (QED) is 0.423. The average Bonchev–Trinajstić information content (AvgIpc) is 1.31. The van der Waals surface area contributed by atoms with Gasteiger partial charge in [-0.3, -0.25) is 0 Å². The predicted molar refractivity (Wildman–Crippen MR) is 30.4 cm³/mol. The Labute approximate surface area is 46.3 Å². The summed E-state index contributed by atoms with van der Waals surface area (Å²) >= 11 is 0. The second-order valence-electron chi connectivity index (χ2n) is 2.09. The van der Waals surface area contributed by atoms with Gasteiger partial charge in [-0.25, -0.2) is 4.39 Å². The van der Waals surface area contributed by atoms with Crippen molar-refractivity contribution >= 4 is 15.7 Å². The van der Waals surface area contributed by atoms with Crippen molar-refractivity contribution in [1.82, 2.24) is 0 Å². The highest BCUT2D eigenvalue weighted by Crippen LogP contribution is 2.19. The monoisotopic (exact) mass is 96.1 g/mol. The van der Waals surface area contributed by atoms with Gasteiger partial charge < -0.3 is 0 Å². The minimum absolute atomic E-state index is 0.868. The van der Waals surface area contributed by atoms with E-state index in [1.54, 1.807) is 0 Å². The highest BCUT2D eigenvalue weighted by atomic mass is 19.1. The first-order valence-electron chi connectivity index (χ1n) is 2.14. The van der Waals surface area contributed by atoms with Crippen LogP contribution in [0, 0.1) is 0 Å². The van der Waals surface area contributed by atoms with Gasteiger partial charge >= 0.3 is 0 Å². The number of hydrogen-bond donors (Lipinski definition) is 0. The molecular formula is C4H7B2F. The maximum absolute atomic E-state index is 12.3. The maximum atomic E-state index is 12.3. The fourth-order valence-electron chi connectivity index (χ4n) is 0. The van der Waals surface area contributed by atoms with Gasteiger partial charge in [0.1, 0.15) is 0 Å². The number of halogens is 1. The van der Waals surface area contributed by atoms with Gasteiger partial charge in [0, 0.05) is 0 Å². The van der Waals surface area contributed by atoms with Crippen LogP contribution in [0.1, 0.15) is 13.8 Å². The van der Waals surface area contributed by atoms with Crippen LogP contribution in [0.2, 0.25) is 5.72 Å². The van der Waals surface area contributed by atoms with Crippen molar-refractivity contribution in [3.63, 3.8) is 0 Å². The molecule has 36 valence electrons. The summed E-state index contributed by atoms with van der Waals surface area (Å²) in [4.78, 5) is 0. The normalized spacial score (nSPS) is 12.6. The second kappa shape index (κ2) is 1.89. The first-order valence-corrected chi connectivity index (χ1v) is 2.14. The van der Waals surface area contributed by atoms with E-state index in [1.165, 1.54) is 13.8 Å². The van der Waals surface area contributed by atoms with Crippen molar-refractivity contribution in [2.45, 2.75) is 25.2 Å². The molecule has 0 nitrogen and oxygen atoms in total. The molecule has 7 heavy (non-hydrogen) atoms. The largest absolute Gasteiger partial charge is 0.246 e. The Morgan fingerprint density at radius 2 is 1.57 bits per heavy atom. The summed E-state index contributed by atoms with van der Waals surface area (Å²) < 4.78 is 12.3. The molecule has 0 saturated carbocycles. The second-order valence-corrected chi connectivity index (χ2v) is 2.09. The lowest BCUT2D eigenvalue weighted by atomic mass is 9.63. The van der Waals surface area contributed by atoms with Crippen LogP contribution >= 0.6 is 0 Å². The Morgan fingerprint density at radius 1 is 1.43 bits per heavy atom. The predicted octanol–water partition coefficient (Wildman–Crippen LogP) is 0.818. The number of hydrogen-bond acceptors (Lipinski definition) is 0. The third-order valence-corrected chi connectivity index (χ3v) is 0.793. The molecule has 0 aromatic carbocycles. The van der Waals surface area contributed by atoms with E-state index in [-0.39, 0.29) is 0 Å². The Bertz CT molecular complexity index is 55.2. The topological polar surface area (TPSA) is 0 Å². The molecule has 0 rings (SSSR count). The standard InChI is InChI=1S/C4H7B2F/c1-4(2,7)3(5)6/h3H,1-2H3. The van der Waals surface area contributed by atoms with Crippen molar-refractivity contribution in [3.8, 4) is 0 Å². The fourth-order valence-corrected chi connectivity index (χ4v) is 0. The van der Waals surface area contributed by atoms with Gasteiger partial charge in [-0.2, -0.15) is 0 Å². The van der Waals surface area contributed by atoms with Gasteiger partial charge in [-0.1, -0.05) is 5.72 Å². The molecule has 0 fully saturated rings. The van der Waals surface area contributed by atoms with Crippen LogP contribution in [0.15, 0.2) is 0 Å². The molecule has 0 saturated heterocycles. The van der Waals surface area contributed by atoms with Gasteiger partial charge in [0.2, 0.25) is 0 Å². The molecule has 0 aliphatic heterocycles. The Hall–Kier alpha value is 0.0599. The molecule has 0 atom stereocenters. The van der Waals surface area contributed by atoms with Crippen LogP contribution in [-0.2, 0) is 0 Å². The van der Waals surface area contributed by atoms with E-state index in [0.29, 0.717) is 0 Å². The zero-order valence-electron chi connectivity index (χ0n) is 4.61. The molecule has 0 aromatic heterocycles. The lowest BCUT2D eigenvalue weighted by Gasteiger charge is -2.18. The third kappa shape index (κ3) is 2.72. The average molecular weight is 95.7 g/mol. The van der Waals surface area contributed by atoms with Crippen molar-refractivity contribution in [1.29, 1.82) is 0 Å². The number of alkyl halides is 1. The summed E-state index contributed by atoms with van der Waals surface area (Å²) in [6.45, 7) is 2.69. The van der Waals surface area contributed by atoms with Crippen LogP contribution < -0.4 is 0 Å². The van der Waals surface area contributed by atoms with E-state index in [9.17, 15) is 4.39 Å². The van der Waals surface area contributed by atoms with Crippen LogP contribution in [0.25, 0.3) is 0 Å². The van der Waals surface area contributed by atoms with Crippen molar-refractivity contribution < 1.29 is 4.39 Å². The van der Waals surface area contributed by atoms with Crippen molar-refractivity contribution in [2.24, 2.45) is 0 Å². The Kier molecular flexibility index (Phi) is 1.91. The number of rotatable bonds is 1. The Morgan fingerprint density at radius 3 is 1.57 bits per heavy atom. The molecule has 0 N–H and O–H groups in total. The lowest BCUT2D eigenvalue weighted by molar-refractivity contribution is 0.233. The van der Waals surface area contributed by atoms with E-state index in [4.69, 9.17) is 15.7 Å². The van der Waals surface area contributed by atoms with Crippen LogP contribution in [0.5, 0.6) is 0 Å². The fraction of sp³-hybridized carbons (Fsp3) is 1.00. The van der Waals surface area contributed by atoms with Crippen LogP contribution in [0.4, 0.5) is 4.39 Å². The molecule has 0 heterocycles. The molecule has 0 aliphatic carbocycles. The highest BCUT2D eigenvalue weighted by molar-refractivity contribution is 6.36. The summed E-state index contributed by atoms with van der Waals surface area (Å²) in [6.07, 6.45) is 0. The molecule has 0 aromatic rings. The molecule has 0 bridgehead atoms. The highest BCUT2D eigenvalue weighted by Gasteiger charge is 2.18. The molecule has 0 amide bonds. The van der Waals surface area contributed by atoms with E-state index in [1.807, 2.05) is 0 Å². The summed E-state index contributed by atoms with van der Waals surface area (Å²) in [7, 11) is 9.94. The van der Waals surface area contributed by atoms with Gasteiger partial charge in [0.25, 0.3) is 0 Å². The summed E-state index contributed by atoms with van der Waals surface area (Å²) in [5.41, 5.74) is -2.31. The molecule has 0 spiro atoms. The molecule has 0 unspecified atom stereocenters. The van der Waals surface area contributed by atoms with Crippen molar-refractivity contribution in [2.75, 3.05) is 0 Å². The first-order chi connectivity index (χ1) is 2.94. The molecule has 0 aliphatic rings. The smallest absolute Gasteiger partial charge is 0.0929 e. The molecule has 3 heteroatoms. The molecular weight excluding hydrogens is 88.7 g/mol. The first kappa shape index (κ1) is 7.06. The van der Waals surface area contributed by atoms with Crippen LogP contribution in [0.3, 0.4) is 0 Å². The summed E-state index contributed by atoms with van der Waals surface area (Å²) in [6, 6.07) is 0. The zero-order chi connectivity index (χ0) is 6.08. The van der Waals surface area contributed by atoms with E-state index >= 15 is 0 Å². The summed E-state index contributed by atoms with van der Waals surface area (Å²) in [5.74, 6) is 0. The Balaban J connectivity index is 3.54. The van der Waals surface area contributed by atoms with Gasteiger partial charge in [-0.15, -0.1) is 0 Å². The minimum atomic E-state index is -1.44. The SMILES string of the molecule is [B]C([B])C(C)(C)F. The van der Waals surface area contributed by atoms with Crippen molar-refractivity contribution in [3.05, 3.63) is 0 Å². The maximum Gasteiger partial charge on any atom is 0.0929 e. The third-order valence-electron chi connectivity index (χ3n) is 0.793.